The summed E-state index contributed by atoms with van der Waals surface area (Å²) in [6.07, 6.45) is 1.91. The number of benzene rings is 1. The molecule has 0 unspecified atom stereocenters. The number of anilines is 1. The Morgan fingerprint density at radius 2 is 2.04 bits per heavy atom. The molecular formula is C19H18N6O2. The predicted molar refractivity (Wildman–Crippen MR) is 99.3 cm³/mol. The van der Waals surface area contributed by atoms with Gasteiger partial charge in [0.25, 0.3) is 5.89 Å². The number of fused-ring (bicyclic) bond motifs is 1. The van der Waals surface area contributed by atoms with Crippen LogP contribution in [0.25, 0.3) is 17.1 Å². The molecule has 0 aliphatic carbocycles. The standard InChI is InChI=1S/C19H18N6O2/c1-11-5-4-6-15(12(11)2)21-18(26)10-17-23-22-16-9-14(7-8-25(16)17)19-20-13(3)24-27-19/h4-9H,10H2,1-3H3,(H,21,26). The molecule has 0 radical (unpaired) electrons. The van der Waals surface area contributed by atoms with E-state index in [1.54, 1.807) is 23.6 Å². The summed E-state index contributed by atoms with van der Waals surface area (Å²) in [7, 11) is 0. The number of aryl methyl sites for hydroxylation is 2. The molecule has 8 nitrogen and oxygen atoms in total. The van der Waals surface area contributed by atoms with E-state index in [1.165, 1.54) is 0 Å². The molecule has 4 rings (SSSR count). The average Bonchev–Trinajstić information content (AvgIpc) is 3.25. The number of carbonyl (C=O) groups is 1. The van der Waals surface area contributed by atoms with Crippen LogP contribution in [0.15, 0.2) is 41.1 Å². The first-order valence-corrected chi connectivity index (χ1v) is 8.51. The second-order valence-corrected chi connectivity index (χ2v) is 6.38. The fourth-order valence-corrected chi connectivity index (χ4v) is 2.83. The van der Waals surface area contributed by atoms with Crippen LogP contribution in [-0.4, -0.2) is 30.6 Å². The second kappa shape index (κ2) is 6.64. The Bertz CT molecular complexity index is 1140. The molecule has 8 heteroatoms. The van der Waals surface area contributed by atoms with Gasteiger partial charge in [-0.15, -0.1) is 10.2 Å². The molecule has 0 aliphatic heterocycles. The Balaban J connectivity index is 1.55. The summed E-state index contributed by atoms with van der Waals surface area (Å²) >= 11 is 0. The molecule has 0 bridgehead atoms. The average molecular weight is 362 g/mol. The van der Waals surface area contributed by atoms with Crippen molar-refractivity contribution in [3.8, 4) is 11.5 Å². The molecule has 0 atom stereocenters. The lowest BCUT2D eigenvalue weighted by Gasteiger charge is -2.09. The predicted octanol–water partition coefficient (Wildman–Crippen LogP) is 2.89. The highest BCUT2D eigenvalue weighted by molar-refractivity contribution is 5.92. The minimum atomic E-state index is -0.144. The van der Waals surface area contributed by atoms with Crippen LogP contribution in [0.1, 0.15) is 22.8 Å². The van der Waals surface area contributed by atoms with E-state index in [0.717, 1.165) is 22.4 Å². The molecule has 0 saturated carbocycles. The van der Waals surface area contributed by atoms with E-state index in [0.29, 0.717) is 23.2 Å². The Hall–Kier alpha value is -3.55. The molecule has 1 aromatic carbocycles. The highest BCUT2D eigenvalue weighted by atomic mass is 16.5. The zero-order valence-corrected chi connectivity index (χ0v) is 15.2. The highest BCUT2D eigenvalue weighted by Gasteiger charge is 2.14. The summed E-state index contributed by atoms with van der Waals surface area (Å²) in [5, 5.41) is 15.0. The first kappa shape index (κ1) is 16.9. The molecule has 0 aliphatic rings. The molecule has 4 aromatic rings. The van der Waals surface area contributed by atoms with Crippen LogP contribution >= 0.6 is 0 Å². The summed E-state index contributed by atoms with van der Waals surface area (Å²) in [5.74, 6) is 1.40. The van der Waals surface area contributed by atoms with E-state index in [-0.39, 0.29) is 12.3 Å². The number of hydrogen-bond donors (Lipinski definition) is 1. The Labute approximate surface area is 155 Å². The summed E-state index contributed by atoms with van der Waals surface area (Å²) in [4.78, 5) is 16.7. The van der Waals surface area contributed by atoms with Gasteiger partial charge < -0.3 is 9.84 Å². The van der Waals surface area contributed by atoms with Crippen LogP contribution in [-0.2, 0) is 11.2 Å². The molecule has 0 fully saturated rings. The molecule has 3 aromatic heterocycles. The number of nitrogens with zero attached hydrogens (tertiary/aromatic N) is 5. The van der Waals surface area contributed by atoms with E-state index >= 15 is 0 Å². The monoisotopic (exact) mass is 362 g/mol. The fraction of sp³-hybridized carbons (Fsp3) is 0.211. The Kier molecular flexibility index (Phi) is 4.15. The second-order valence-electron chi connectivity index (χ2n) is 6.38. The smallest absolute Gasteiger partial charge is 0.258 e. The minimum absolute atomic E-state index is 0.119. The van der Waals surface area contributed by atoms with Gasteiger partial charge in [0.15, 0.2) is 11.5 Å². The number of amides is 1. The third kappa shape index (κ3) is 3.29. The number of aromatic nitrogens is 5. The van der Waals surface area contributed by atoms with Crippen LogP contribution in [0.3, 0.4) is 0 Å². The van der Waals surface area contributed by atoms with Crippen molar-refractivity contribution in [3.05, 3.63) is 59.3 Å². The molecule has 0 saturated heterocycles. The van der Waals surface area contributed by atoms with Crippen molar-refractivity contribution in [2.45, 2.75) is 27.2 Å². The van der Waals surface area contributed by atoms with Crippen LogP contribution in [0.5, 0.6) is 0 Å². The van der Waals surface area contributed by atoms with Gasteiger partial charge in [0.2, 0.25) is 5.91 Å². The molecule has 0 spiro atoms. The van der Waals surface area contributed by atoms with Crippen LogP contribution in [0, 0.1) is 20.8 Å². The normalized spacial score (nSPS) is 11.1. The summed E-state index contributed by atoms with van der Waals surface area (Å²) < 4.78 is 6.95. The van der Waals surface area contributed by atoms with Gasteiger partial charge in [-0.1, -0.05) is 17.3 Å². The Morgan fingerprint density at radius 3 is 2.81 bits per heavy atom. The van der Waals surface area contributed by atoms with Gasteiger partial charge in [-0.3, -0.25) is 9.20 Å². The van der Waals surface area contributed by atoms with Crippen molar-refractivity contribution in [2.75, 3.05) is 5.32 Å². The maximum Gasteiger partial charge on any atom is 0.258 e. The third-order valence-corrected chi connectivity index (χ3v) is 4.45. The van der Waals surface area contributed by atoms with Crippen LogP contribution in [0.2, 0.25) is 0 Å². The lowest BCUT2D eigenvalue weighted by Crippen LogP contribution is -2.17. The van der Waals surface area contributed by atoms with E-state index in [1.807, 2.05) is 38.1 Å². The molecule has 27 heavy (non-hydrogen) atoms. The van der Waals surface area contributed by atoms with Crippen molar-refractivity contribution < 1.29 is 9.32 Å². The molecule has 1 amide bonds. The van der Waals surface area contributed by atoms with Crippen LogP contribution < -0.4 is 5.32 Å². The van der Waals surface area contributed by atoms with Crippen molar-refractivity contribution in [1.29, 1.82) is 0 Å². The SMILES string of the molecule is Cc1noc(-c2ccn3c(CC(=O)Nc4cccc(C)c4C)nnc3c2)n1. The molecular weight excluding hydrogens is 344 g/mol. The third-order valence-electron chi connectivity index (χ3n) is 4.45. The summed E-state index contributed by atoms with van der Waals surface area (Å²) in [5.41, 5.74) is 4.35. The van der Waals surface area contributed by atoms with Crippen molar-refractivity contribution >= 4 is 17.2 Å². The summed E-state index contributed by atoms with van der Waals surface area (Å²) in [6.45, 7) is 5.76. The summed E-state index contributed by atoms with van der Waals surface area (Å²) in [6, 6.07) is 9.45. The minimum Gasteiger partial charge on any atom is -0.334 e. The topological polar surface area (TPSA) is 98.2 Å². The fourth-order valence-electron chi connectivity index (χ4n) is 2.83. The number of rotatable bonds is 4. The molecule has 136 valence electrons. The first-order valence-electron chi connectivity index (χ1n) is 8.51. The van der Waals surface area contributed by atoms with Gasteiger partial charge >= 0.3 is 0 Å². The van der Waals surface area contributed by atoms with Crippen molar-refractivity contribution in [3.63, 3.8) is 0 Å². The Morgan fingerprint density at radius 1 is 1.19 bits per heavy atom. The quantitative estimate of drug-likeness (QED) is 0.599. The van der Waals surface area contributed by atoms with Gasteiger partial charge in [0, 0.05) is 17.4 Å². The van der Waals surface area contributed by atoms with Gasteiger partial charge in [0.05, 0.1) is 6.42 Å². The maximum atomic E-state index is 12.5. The highest BCUT2D eigenvalue weighted by Crippen LogP contribution is 2.20. The van der Waals surface area contributed by atoms with E-state index < -0.39 is 0 Å². The van der Waals surface area contributed by atoms with E-state index in [9.17, 15) is 4.79 Å². The lowest BCUT2D eigenvalue weighted by molar-refractivity contribution is -0.115. The van der Waals surface area contributed by atoms with Gasteiger partial charge in [-0.25, -0.2) is 0 Å². The number of nitrogens with one attached hydrogen (secondary N) is 1. The van der Waals surface area contributed by atoms with Gasteiger partial charge in [-0.05, 0) is 50.1 Å². The zero-order chi connectivity index (χ0) is 19.0. The largest absolute Gasteiger partial charge is 0.334 e. The maximum absolute atomic E-state index is 12.5. The zero-order valence-electron chi connectivity index (χ0n) is 15.2. The molecule has 1 N–H and O–H groups in total. The van der Waals surface area contributed by atoms with Gasteiger partial charge in [-0.2, -0.15) is 4.98 Å². The van der Waals surface area contributed by atoms with E-state index in [4.69, 9.17) is 4.52 Å². The van der Waals surface area contributed by atoms with Crippen molar-refractivity contribution in [1.82, 2.24) is 24.7 Å². The first-order chi connectivity index (χ1) is 13.0. The van der Waals surface area contributed by atoms with Crippen LogP contribution in [0.4, 0.5) is 5.69 Å². The van der Waals surface area contributed by atoms with Crippen molar-refractivity contribution in [2.24, 2.45) is 0 Å². The molecule has 3 heterocycles. The van der Waals surface area contributed by atoms with E-state index in [2.05, 4.69) is 25.7 Å². The van der Waals surface area contributed by atoms with Gasteiger partial charge in [0.1, 0.15) is 5.82 Å². The number of hydrogen-bond acceptors (Lipinski definition) is 6. The lowest BCUT2D eigenvalue weighted by atomic mass is 10.1. The number of carbonyl (C=O) groups excluding carboxylic acids is 1. The number of pyridine rings is 1.